The van der Waals surface area contributed by atoms with Crippen molar-refractivity contribution < 1.29 is 29.3 Å². The van der Waals surface area contributed by atoms with Gasteiger partial charge in [0.15, 0.2) is 17.5 Å². The molecule has 0 saturated carbocycles. The molecule has 0 fully saturated rings. The SMILES string of the molecule is CN(C(=O)c1ccc2c(c1)OCO2)C(CO)C(=O)O. The van der Waals surface area contributed by atoms with E-state index in [1.165, 1.54) is 19.2 Å². The van der Waals surface area contributed by atoms with Crippen molar-refractivity contribution in [1.82, 2.24) is 4.90 Å². The Kier molecular flexibility index (Phi) is 3.57. The van der Waals surface area contributed by atoms with Crippen molar-refractivity contribution in [2.24, 2.45) is 0 Å². The molecule has 1 amide bonds. The number of aliphatic carboxylic acids is 1. The number of benzene rings is 1. The maximum absolute atomic E-state index is 12.1. The van der Waals surface area contributed by atoms with Crippen LogP contribution >= 0.6 is 0 Å². The normalized spacial score (nSPS) is 14.0. The van der Waals surface area contributed by atoms with Gasteiger partial charge < -0.3 is 24.6 Å². The number of carbonyl (C=O) groups is 2. The Morgan fingerprint density at radius 3 is 2.68 bits per heavy atom. The van der Waals surface area contributed by atoms with E-state index in [-0.39, 0.29) is 12.4 Å². The summed E-state index contributed by atoms with van der Waals surface area (Å²) < 4.78 is 10.3. The van der Waals surface area contributed by atoms with Gasteiger partial charge in [-0.1, -0.05) is 0 Å². The molecule has 1 aromatic carbocycles. The van der Waals surface area contributed by atoms with Crippen LogP contribution in [0.4, 0.5) is 0 Å². The number of ether oxygens (including phenoxy) is 2. The molecule has 0 aliphatic carbocycles. The quantitative estimate of drug-likeness (QED) is 0.793. The molecule has 1 heterocycles. The highest BCUT2D eigenvalue weighted by Gasteiger charge is 2.27. The molecule has 0 saturated heterocycles. The second-order valence-corrected chi connectivity index (χ2v) is 4.02. The number of hydrogen-bond donors (Lipinski definition) is 2. The molecule has 0 aromatic heterocycles. The Hall–Kier alpha value is -2.28. The van der Waals surface area contributed by atoms with Gasteiger partial charge in [0.1, 0.15) is 0 Å². The minimum Gasteiger partial charge on any atom is -0.480 e. The summed E-state index contributed by atoms with van der Waals surface area (Å²) in [6, 6.07) is 3.30. The van der Waals surface area contributed by atoms with Gasteiger partial charge in [0.25, 0.3) is 5.91 Å². The third-order valence-electron chi connectivity index (χ3n) is 2.87. The number of carboxylic acids is 1. The summed E-state index contributed by atoms with van der Waals surface area (Å²) >= 11 is 0. The van der Waals surface area contributed by atoms with Crippen molar-refractivity contribution in [3.63, 3.8) is 0 Å². The predicted molar refractivity (Wildman–Crippen MR) is 63.2 cm³/mol. The lowest BCUT2D eigenvalue weighted by molar-refractivity contribution is -0.143. The van der Waals surface area contributed by atoms with Crippen molar-refractivity contribution in [2.45, 2.75) is 6.04 Å². The molecule has 7 heteroatoms. The molecule has 0 bridgehead atoms. The summed E-state index contributed by atoms with van der Waals surface area (Å²) in [5, 5.41) is 17.9. The molecule has 0 radical (unpaired) electrons. The number of amides is 1. The van der Waals surface area contributed by atoms with Gasteiger partial charge in [0.2, 0.25) is 6.79 Å². The summed E-state index contributed by atoms with van der Waals surface area (Å²) in [4.78, 5) is 24.0. The zero-order chi connectivity index (χ0) is 14.0. The zero-order valence-electron chi connectivity index (χ0n) is 10.2. The minimum atomic E-state index is -1.28. The monoisotopic (exact) mass is 267 g/mol. The molecule has 1 aromatic rings. The van der Waals surface area contributed by atoms with Crippen molar-refractivity contribution in [3.8, 4) is 11.5 Å². The molecule has 0 spiro atoms. The fourth-order valence-electron chi connectivity index (χ4n) is 1.74. The number of fused-ring (bicyclic) bond motifs is 1. The second kappa shape index (κ2) is 5.15. The lowest BCUT2D eigenvalue weighted by Crippen LogP contribution is -2.44. The van der Waals surface area contributed by atoms with E-state index in [0.717, 1.165) is 4.90 Å². The third kappa shape index (κ3) is 2.45. The van der Waals surface area contributed by atoms with E-state index >= 15 is 0 Å². The van der Waals surface area contributed by atoms with E-state index < -0.39 is 24.5 Å². The fourth-order valence-corrected chi connectivity index (χ4v) is 1.74. The van der Waals surface area contributed by atoms with Gasteiger partial charge in [-0.3, -0.25) is 4.79 Å². The lowest BCUT2D eigenvalue weighted by Gasteiger charge is -2.23. The molecule has 7 nitrogen and oxygen atoms in total. The van der Waals surface area contributed by atoms with E-state index in [0.29, 0.717) is 11.5 Å². The summed E-state index contributed by atoms with van der Waals surface area (Å²) in [6.07, 6.45) is 0. The molecule has 2 rings (SSSR count). The zero-order valence-corrected chi connectivity index (χ0v) is 10.2. The van der Waals surface area contributed by atoms with Crippen LogP contribution in [-0.4, -0.2) is 53.5 Å². The average Bonchev–Trinajstić information content (AvgIpc) is 2.85. The molecular weight excluding hydrogens is 254 g/mol. The molecule has 19 heavy (non-hydrogen) atoms. The van der Waals surface area contributed by atoms with Gasteiger partial charge >= 0.3 is 5.97 Å². The van der Waals surface area contributed by atoms with Gasteiger partial charge in [0, 0.05) is 12.6 Å². The van der Waals surface area contributed by atoms with E-state index in [2.05, 4.69) is 0 Å². The predicted octanol–water partition coefficient (Wildman–Crippen LogP) is -0.0672. The molecule has 1 aliphatic heterocycles. The Balaban J connectivity index is 2.21. The lowest BCUT2D eigenvalue weighted by atomic mass is 10.1. The van der Waals surface area contributed by atoms with Gasteiger partial charge in [-0.05, 0) is 18.2 Å². The van der Waals surface area contributed by atoms with E-state index in [9.17, 15) is 9.59 Å². The Labute approximate surface area is 109 Å². The molecule has 1 atom stereocenters. The first-order chi connectivity index (χ1) is 9.04. The molecule has 1 unspecified atom stereocenters. The van der Waals surface area contributed by atoms with Crippen LogP contribution in [0.2, 0.25) is 0 Å². The Morgan fingerprint density at radius 2 is 2.05 bits per heavy atom. The first-order valence-electron chi connectivity index (χ1n) is 5.55. The number of aliphatic hydroxyl groups excluding tert-OH is 1. The number of hydrogen-bond acceptors (Lipinski definition) is 5. The molecule has 1 aliphatic rings. The van der Waals surface area contributed by atoms with E-state index in [4.69, 9.17) is 19.7 Å². The molecule has 2 N–H and O–H groups in total. The van der Waals surface area contributed by atoms with Crippen LogP contribution in [0.1, 0.15) is 10.4 Å². The number of rotatable bonds is 4. The first-order valence-corrected chi connectivity index (χ1v) is 5.55. The maximum Gasteiger partial charge on any atom is 0.328 e. The molecular formula is C12H13NO6. The van der Waals surface area contributed by atoms with E-state index in [1.54, 1.807) is 6.07 Å². The summed E-state index contributed by atoms with van der Waals surface area (Å²) in [6.45, 7) is -0.556. The van der Waals surface area contributed by atoms with Crippen LogP contribution in [-0.2, 0) is 4.79 Å². The number of aliphatic hydroxyl groups is 1. The van der Waals surface area contributed by atoms with Crippen LogP contribution in [0.5, 0.6) is 11.5 Å². The van der Waals surface area contributed by atoms with Gasteiger partial charge in [0.05, 0.1) is 6.61 Å². The van der Waals surface area contributed by atoms with Crippen molar-refractivity contribution >= 4 is 11.9 Å². The van der Waals surface area contributed by atoms with Crippen LogP contribution < -0.4 is 9.47 Å². The van der Waals surface area contributed by atoms with E-state index in [1.807, 2.05) is 0 Å². The van der Waals surface area contributed by atoms with Crippen LogP contribution in [0.15, 0.2) is 18.2 Å². The van der Waals surface area contributed by atoms with Crippen LogP contribution in [0.25, 0.3) is 0 Å². The average molecular weight is 267 g/mol. The van der Waals surface area contributed by atoms with Gasteiger partial charge in [-0.15, -0.1) is 0 Å². The van der Waals surface area contributed by atoms with Crippen molar-refractivity contribution in [1.29, 1.82) is 0 Å². The number of carboxylic acid groups (broad SMARTS) is 1. The fraction of sp³-hybridized carbons (Fsp3) is 0.333. The number of likely N-dealkylation sites (N-methyl/N-ethyl adjacent to an activating group) is 1. The number of carbonyl (C=O) groups excluding carboxylic acids is 1. The van der Waals surface area contributed by atoms with Crippen LogP contribution in [0.3, 0.4) is 0 Å². The largest absolute Gasteiger partial charge is 0.480 e. The first kappa shape index (κ1) is 13.2. The van der Waals surface area contributed by atoms with Gasteiger partial charge in [-0.25, -0.2) is 4.79 Å². The summed E-state index contributed by atoms with van der Waals surface area (Å²) in [7, 11) is 1.32. The standard InChI is InChI=1S/C12H13NO6/c1-13(8(5-14)12(16)17)11(15)7-2-3-9-10(4-7)19-6-18-9/h2-4,8,14H,5-6H2,1H3,(H,16,17). The van der Waals surface area contributed by atoms with Crippen molar-refractivity contribution in [3.05, 3.63) is 23.8 Å². The highest BCUT2D eigenvalue weighted by Crippen LogP contribution is 2.32. The smallest absolute Gasteiger partial charge is 0.328 e. The minimum absolute atomic E-state index is 0.0945. The Bertz CT molecular complexity index is 515. The van der Waals surface area contributed by atoms with Crippen LogP contribution in [0, 0.1) is 0 Å². The topological polar surface area (TPSA) is 96.3 Å². The second-order valence-electron chi connectivity index (χ2n) is 4.02. The molecule has 102 valence electrons. The van der Waals surface area contributed by atoms with Gasteiger partial charge in [-0.2, -0.15) is 0 Å². The Morgan fingerprint density at radius 1 is 1.37 bits per heavy atom. The third-order valence-corrected chi connectivity index (χ3v) is 2.87. The highest BCUT2D eigenvalue weighted by atomic mass is 16.7. The maximum atomic E-state index is 12.1. The highest BCUT2D eigenvalue weighted by molar-refractivity contribution is 5.97. The summed E-state index contributed by atoms with van der Waals surface area (Å²) in [5.74, 6) is -0.801. The summed E-state index contributed by atoms with van der Waals surface area (Å²) in [5.41, 5.74) is 0.270. The number of nitrogens with zero attached hydrogens (tertiary/aromatic N) is 1. The van der Waals surface area contributed by atoms with Crippen molar-refractivity contribution in [2.75, 3.05) is 20.4 Å².